The van der Waals surface area contributed by atoms with E-state index in [4.69, 9.17) is 10.2 Å². The summed E-state index contributed by atoms with van der Waals surface area (Å²) in [5.41, 5.74) is 0. The van der Waals surface area contributed by atoms with E-state index in [-0.39, 0.29) is 13.0 Å². The summed E-state index contributed by atoms with van der Waals surface area (Å²) in [6, 6.07) is -0.793. The lowest BCUT2D eigenvalue weighted by Crippen LogP contribution is -2.35. The van der Waals surface area contributed by atoms with E-state index in [1.807, 2.05) is 0 Å². The van der Waals surface area contributed by atoms with Gasteiger partial charge >= 0.3 is 12.1 Å². The molecular formula is C7H10FNO4. The molecule has 0 aliphatic carbocycles. The molecule has 0 aromatic heterocycles. The van der Waals surface area contributed by atoms with E-state index in [1.54, 1.807) is 0 Å². The molecule has 13 heavy (non-hydrogen) atoms. The molecule has 0 saturated carbocycles. The number of amides is 1. The summed E-state index contributed by atoms with van der Waals surface area (Å²) in [7, 11) is 0. The molecule has 5 nitrogen and oxygen atoms in total. The van der Waals surface area contributed by atoms with Gasteiger partial charge < -0.3 is 15.1 Å². The topological polar surface area (TPSA) is 77.8 Å². The fourth-order valence-corrected chi connectivity index (χ4v) is 1.48. The standard InChI is InChI=1S/C7H10FNO4/c8-2-5-1-4(6(10)11)3-9(5)7(12)13/h4-5H,1-3H2,(H,10,11)(H,12,13). The zero-order valence-electron chi connectivity index (χ0n) is 6.81. The van der Waals surface area contributed by atoms with E-state index in [0.29, 0.717) is 0 Å². The van der Waals surface area contributed by atoms with Crippen molar-refractivity contribution < 1.29 is 24.2 Å². The molecule has 1 heterocycles. The number of carboxylic acid groups (broad SMARTS) is 2. The molecule has 1 rings (SSSR count). The molecule has 2 N–H and O–H groups in total. The Hall–Kier alpha value is -1.33. The highest BCUT2D eigenvalue weighted by Crippen LogP contribution is 2.23. The summed E-state index contributed by atoms with van der Waals surface area (Å²) in [6.07, 6.45) is -1.19. The monoisotopic (exact) mass is 191 g/mol. The molecule has 0 radical (unpaired) electrons. The van der Waals surface area contributed by atoms with Crippen LogP contribution in [0.4, 0.5) is 9.18 Å². The highest BCUT2D eigenvalue weighted by Gasteiger charge is 2.38. The van der Waals surface area contributed by atoms with Gasteiger partial charge in [-0.1, -0.05) is 0 Å². The van der Waals surface area contributed by atoms with E-state index >= 15 is 0 Å². The Morgan fingerprint density at radius 1 is 1.46 bits per heavy atom. The van der Waals surface area contributed by atoms with Crippen LogP contribution in [0.1, 0.15) is 6.42 Å². The van der Waals surface area contributed by atoms with Gasteiger partial charge in [0.15, 0.2) is 0 Å². The third-order valence-electron chi connectivity index (χ3n) is 2.19. The Kier molecular flexibility index (Phi) is 2.69. The maximum atomic E-state index is 12.2. The number of hydrogen-bond acceptors (Lipinski definition) is 2. The third-order valence-corrected chi connectivity index (χ3v) is 2.19. The number of aliphatic carboxylic acids is 1. The number of carboxylic acids is 1. The Balaban J connectivity index is 2.66. The number of alkyl halides is 1. The number of hydrogen-bond donors (Lipinski definition) is 2. The van der Waals surface area contributed by atoms with Crippen molar-refractivity contribution >= 4 is 12.1 Å². The molecule has 6 heteroatoms. The molecule has 0 aromatic rings. The zero-order valence-corrected chi connectivity index (χ0v) is 6.81. The molecule has 1 fully saturated rings. The molecule has 1 aliphatic heterocycles. The molecule has 74 valence electrons. The van der Waals surface area contributed by atoms with E-state index in [2.05, 4.69) is 0 Å². The van der Waals surface area contributed by atoms with Crippen molar-refractivity contribution in [2.24, 2.45) is 5.92 Å². The SMILES string of the molecule is O=C(O)C1CC(CF)N(C(=O)O)C1. The van der Waals surface area contributed by atoms with Crippen LogP contribution in [0.5, 0.6) is 0 Å². The van der Waals surface area contributed by atoms with Crippen LogP contribution in [0, 0.1) is 5.92 Å². The van der Waals surface area contributed by atoms with E-state index in [0.717, 1.165) is 4.90 Å². The zero-order chi connectivity index (χ0) is 10.0. The number of rotatable bonds is 2. The van der Waals surface area contributed by atoms with Crippen molar-refractivity contribution in [2.75, 3.05) is 13.2 Å². The lowest BCUT2D eigenvalue weighted by Gasteiger charge is -2.17. The molecular weight excluding hydrogens is 181 g/mol. The molecule has 1 saturated heterocycles. The second-order valence-electron chi connectivity index (χ2n) is 3.01. The summed E-state index contributed by atoms with van der Waals surface area (Å²) in [6.45, 7) is -0.935. The molecule has 1 amide bonds. The van der Waals surface area contributed by atoms with Gasteiger partial charge in [-0.15, -0.1) is 0 Å². The van der Waals surface area contributed by atoms with Crippen molar-refractivity contribution in [1.82, 2.24) is 4.90 Å². The minimum Gasteiger partial charge on any atom is -0.481 e. The van der Waals surface area contributed by atoms with Crippen LogP contribution >= 0.6 is 0 Å². The molecule has 0 spiro atoms. The summed E-state index contributed by atoms with van der Waals surface area (Å²) >= 11 is 0. The Morgan fingerprint density at radius 2 is 2.08 bits per heavy atom. The minimum absolute atomic E-state index is 0.0676. The maximum absolute atomic E-state index is 12.2. The summed E-state index contributed by atoms with van der Waals surface area (Å²) in [4.78, 5) is 21.8. The normalized spacial score (nSPS) is 27.6. The van der Waals surface area contributed by atoms with Crippen molar-refractivity contribution in [3.63, 3.8) is 0 Å². The van der Waals surface area contributed by atoms with Gasteiger partial charge in [0.05, 0.1) is 12.0 Å². The lowest BCUT2D eigenvalue weighted by atomic mass is 10.1. The van der Waals surface area contributed by atoms with Crippen LogP contribution in [-0.4, -0.2) is 46.4 Å². The second kappa shape index (κ2) is 3.59. The first-order valence-corrected chi connectivity index (χ1v) is 3.84. The number of likely N-dealkylation sites (tertiary alicyclic amines) is 1. The van der Waals surface area contributed by atoms with Gasteiger partial charge in [0.1, 0.15) is 6.67 Å². The average Bonchev–Trinajstić information content (AvgIpc) is 2.47. The van der Waals surface area contributed by atoms with E-state index in [1.165, 1.54) is 0 Å². The van der Waals surface area contributed by atoms with Gasteiger partial charge in [0.2, 0.25) is 0 Å². The van der Waals surface area contributed by atoms with Crippen molar-refractivity contribution in [3.05, 3.63) is 0 Å². The highest BCUT2D eigenvalue weighted by atomic mass is 19.1. The van der Waals surface area contributed by atoms with Crippen molar-refractivity contribution in [2.45, 2.75) is 12.5 Å². The average molecular weight is 191 g/mol. The fraction of sp³-hybridized carbons (Fsp3) is 0.714. The molecule has 2 unspecified atom stereocenters. The first-order valence-electron chi connectivity index (χ1n) is 3.84. The number of carbonyl (C=O) groups is 2. The Morgan fingerprint density at radius 3 is 2.38 bits per heavy atom. The minimum atomic E-state index is -1.26. The summed E-state index contributed by atoms with van der Waals surface area (Å²) in [5.74, 6) is -1.83. The predicted molar refractivity (Wildman–Crippen MR) is 40.2 cm³/mol. The highest BCUT2D eigenvalue weighted by molar-refractivity contribution is 5.73. The van der Waals surface area contributed by atoms with Crippen molar-refractivity contribution in [1.29, 1.82) is 0 Å². The van der Waals surface area contributed by atoms with Crippen LogP contribution in [-0.2, 0) is 4.79 Å². The van der Waals surface area contributed by atoms with Crippen molar-refractivity contribution in [3.8, 4) is 0 Å². The van der Waals surface area contributed by atoms with Gasteiger partial charge in [-0.25, -0.2) is 9.18 Å². The first-order chi connectivity index (χ1) is 6.06. The van der Waals surface area contributed by atoms with Crippen LogP contribution < -0.4 is 0 Å². The summed E-state index contributed by atoms with van der Waals surface area (Å²) in [5, 5.41) is 17.2. The van der Waals surface area contributed by atoms with Crippen LogP contribution in [0.3, 0.4) is 0 Å². The Bertz CT molecular complexity index is 233. The van der Waals surface area contributed by atoms with Crippen LogP contribution in [0.25, 0.3) is 0 Å². The van der Waals surface area contributed by atoms with Gasteiger partial charge in [-0.3, -0.25) is 4.79 Å². The molecule has 0 bridgehead atoms. The van der Waals surface area contributed by atoms with Gasteiger partial charge in [-0.2, -0.15) is 0 Å². The third kappa shape index (κ3) is 1.88. The fourth-order valence-electron chi connectivity index (χ4n) is 1.48. The van der Waals surface area contributed by atoms with Crippen LogP contribution in [0.15, 0.2) is 0 Å². The van der Waals surface area contributed by atoms with Gasteiger partial charge in [0.25, 0.3) is 0 Å². The predicted octanol–water partition coefficient (Wildman–Crippen LogP) is 0.409. The summed E-state index contributed by atoms with van der Waals surface area (Å²) < 4.78 is 12.2. The molecule has 2 atom stereocenters. The van der Waals surface area contributed by atoms with E-state index in [9.17, 15) is 14.0 Å². The van der Waals surface area contributed by atoms with E-state index < -0.39 is 30.7 Å². The Labute approximate surface area is 73.8 Å². The quantitative estimate of drug-likeness (QED) is 0.662. The number of halogens is 1. The molecule has 1 aliphatic rings. The largest absolute Gasteiger partial charge is 0.481 e. The van der Waals surface area contributed by atoms with Gasteiger partial charge in [0, 0.05) is 6.54 Å². The lowest BCUT2D eigenvalue weighted by molar-refractivity contribution is -0.141. The van der Waals surface area contributed by atoms with Crippen LogP contribution in [0.2, 0.25) is 0 Å². The number of nitrogens with zero attached hydrogens (tertiary/aromatic N) is 1. The second-order valence-corrected chi connectivity index (χ2v) is 3.01. The van der Waals surface area contributed by atoms with Gasteiger partial charge in [-0.05, 0) is 6.42 Å². The maximum Gasteiger partial charge on any atom is 0.407 e. The molecule has 0 aromatic carbocycles. The first kappa shape index (κ1) is 9.76. The smallest absolute Gasteiger partial charge is 0.407 e.